The summed E-state index contributed by atoms with van der Waals surface area (Å²) in [5.41, 5.74) is 2.06. The van der Waals surface area contributed by atoms with Gasteiger partial charge < -0.3 is 10.1 Å². The van der Waals surface area contributed by atoms with E-state index in [1.807, 2.05) is 56.3 Å². The van der Waals surface area contributed by atoms with Gasteiger partial charge in [0.2, 0.25) is 5.91 Å². The predicted octanol–water partition coefficient (Wildman–Crippen LogP) is 4.71. The third-order valence-corrected chi connectivity index (χ3v) is 4.09. The van der Waals surface area contributed by atoms with Crippen molar-refractivity contribution in [1.29, 1.82) is 0 Å². The van der Waals surface area contributed by atoms with Gasteiger partial charge in [-0.05, 0) is 57.5 Å². The van der Waals surface area contributed by atoms with E-state index >= 15 is 0 Å². The lowest BCUT2D eigenvalue weighted by atomic mass is 10.2. The van der Waals surface area contributed by atoms with Crippen LogP contribution in [0, 0.1) is 0 Å². The van der Waals surface area contributed by atoms with Crippen molar-refractivity contribution >= 4 is 11.6 Å². The molecule has 1 amide bonds. The van der Waals surface area contributed by atoms with E-state index < -0.39 is 0 Å². The highest BCUT2D eigenvalue weighted by Crippen LogP contribution is 2.17. The Hall–Kier alpha value is -2.33. The van der Waals surface area contributed by atoms with Crippen molar-refractivity contribution in [3.63, 3.8) is 0 Å². The summed E-state index contributed by atoms with van der Waals surface area (Å²) in [5, 5.41) is 2.96. The SMILES string of the molecule is CC(C)Oc1ccc(NC(=O)CCN(Cc2ccccc2)C(C)C)cc1. The molecule has 4 heteroatoms. The molecule has 1 N–H and O–H groups in total. The third kappa shape index (κ3) is 6.89. The Morgan fingerprint density at radius 3 is 2.23 bits per heavy atom. The van der Waals surface area contributed by atoms with E-state index in [1.54, 1.807) is 0 Å². The molecule has 0 saturated carbocycles. The molecule has 0 unspecified atom stereocenters. The number of rotatable bonds is 9. The van der Waals surface area contributed by atoms with Crippen molar-refractivity contribution < 1.29 is 9.53 Å². The third-order valence-electron chi connectivity index (χ3n) is 4.09. The van der Waals surface area contributed by atoms with Gasteiger partial charge in [-0.25, -0.2) is 0 Å². The van der Waals surface area contributed by atoms with Gasteiger partial charge in [-0.15, -0.1) is 0 Å². The van der Waals surface area contributed by atoms with Crippen molar-refractivity contribution in [3.8, 4) is 5.75 Å². The molecule has 4 nitrogen and oxygen atoms in total. The van der Waals surface area contributed by atoms with Crippen molar-refractivity contribution in [3.05, 3.63) is 60.2 Å². The van der Waals surface area contributed by atoms with Gasteiger partial charge in [0.1, 0.15) is 5.75 Å². The molecule has 0 saturated heterocycles. The van der Waals surface area contributed by atoms with Gasteiger partial charge in [-0.3, -0.25) is 9.69 Å². The van der Waals surface area contributed by atoms with Crippen LogP contribution in [0.4, 0.5) is 5.69 Å². The highest BCUT2D eigenvalue weighted by Gasteiger charge is 2.12. The lowest BCUT2D eigenvalue weighted by molar-refractivity contribution is -0.116. The monoisotopic (exact) mass is 354 g/mol. The first kappa shape index (κ1) is 20.0. The molecule has 0 heterocycles. The van der Waals surface area contributed by atoms with Gasteiger partial charge in [0, 0.05) is 31.2 Å². The van der Waals surface area contributed by atoms with Crippen LogP contribution in [-0.2, 0) is 11.3 Å². The van der Waals surface area contributed by atoms with Crippen molar-refractivity contribution in [1.82, 2.24) is 4.90 Å². The van der Waals surface area contributed by atoms with Crippen molar-refractivity contribution in [2.75, 3.05) is 11.9 Å². The topological polar surface area (TPSA) is 41.6 Å². The van der Waals surface area contributed by atoms with Crippen molar-refractivity contribution in [2.24, 2.45) is 0 Å². The molecule has 0 aliphatic rings. The largest absolute Gasteiger partial charge is 0.491 e. The zero-order chi connectivity index (χ0) is 18.9. The minimum absolute atomic E-state index is 0.0289. The van der Waals surface area contributed by atoms with E-state index in [0.29, 0.717) is 12.5 Å². The molecule has 2 aromatic carbocycles. The average molecular weight is 354 g/mol. The maximum Gasteiger partial charge on any atom is 0.225 e. The molecule has 0 fully saturated rings. The molecule has 0 bridgehead atoms. The number of nitrogens with zero attached hydrogens (tertiary/aromatic N) is 1. The number of carbonyl (C=O) groups is 1. The van der Waals surface area contributed by atoms with E-state index in [4.69, 9.17) is 4.74 Å². The molecular weight excluding hydrogens is 324 g/mol. The molecule has 2 rings (SSSR count). The Balaban J connectivity index is 1.84. The molecule has 0 radical (unpaired) electrons. The summed E-state index contributed by atoms with van der Waals surface area (Å²) in [6.45, 7) is 9.89. The van der Waals surface area contributed by atoms with Gasteiger partial charge in [-0.2, -0.15) is 0 Å². The standard InChI is InChI=1S/C22H30N2O2/c1-17(2)24(16-19-8-6-5-7-9-19)15-14-22(25)23-20-10-12-21(13-11-20)26-18(3)4/h5-13,17-18H,14-16H2,1-4H3,(H,23,25). The Morgan fingerprint density at radius 1 is 1.00 bits per heavy atom. The second kappa shape index (κ2) is 9.97. The second-order valence-electron chi connectivity index (χ2n) is 7.04. The fourth-order valence-corrected chi connectivity index (χ4v) is 2.70. The van der Waals surface area contributed by atoms with Gasteiger partial charge >= 0.3 is 0 Å². The van der Waals surface area contributed by atoms with E-state index in [1.165, 1.54) is 5.56 Å². The first-order chi connectivity index (χ1) is 12.4. The zero-order valence-electron chi connectivity index (χ0n) is 16.2. The maximum atomic E-state index is 12.3. The molecule has 0 atom stereocenters. The number of hydrogen-bond acceptors (Lipinski definition) is 3. The summed E-state index contributed by atoms with van der Waals surface area (Å²) in [6, 6.07) is 18.3. The first-order valence-corrected chi connectivity index (χ1v) is 9.28. The van der Waals surface area contributed by atoms with Crippen LogP contribution in [0.15, 0.2) is 54.6 Å². The number of hydrogen-bond donors (Lipinski definition) is 1. The summed E-state index contributed by atoms with van der Waals surface area (Å²) >= 11 is 0. The van der Waals surface area contributed by atoms with Crippen LogP contribution < -0.4 is 10.1 Å². The maximum absolute atomic E-state index is 12.3. The zero-order valence-corrected chi connectivity index (χ0v) is 16.2. The summed E-state index contributed by atoms with van der Waals surface area (Å²) in [6.07, 6.45) is 0.608. The first-order valence-electron chi connectivity index (χ1n) is 9.28. The van der Waals surface area contributed by atoms with E-state index in [0.717, 1.165) is 24.5 Å². The number of carbonyl (C=O) groups excluding carboxylic acids is 1. The number of nitrogens with one attached hydrogen (secondary N) is 1. The molecule has 0 aliphatic carbocycles. The smallest absolute Gasteiger partial charge is 0.225 e. The molecular formula is C22H30N2O2. The Kier molecular flexibility index (Phi) is 7.67. The number of benzene rings is 2. The van der Waals surface area contributed by atoms with Crippen LogP contribution in [-0.4, -0.2) is 29.5 Å². The second-order valence-corrected chi connectivity index (χ2v) is 7.04. The van der Waals surface area contributed by atoms with Gasteiger partial charge in [0.15, 0.2) is 0 Å². The minimum atomic E-state index is 0.0289. The normalized spacial score (nSPS) is 11.2. The van der Waals surface area contributed by atoms with Crippen LogP contribution in [0.2, 0.25) is 0 Å². The number of amides is 1. The lowest BCUT2D eigenvalue weighted by Gasteiger charge is -2.26. The van der Waals surface area contributed by atoms with E-state index in [-0.39, 0.29) is 12.0 Å². The van der Waals surface area contributed by atoms with Gasteiger partial charge in [0.25, 0.3) is 0 Å². The van der Waals surface area contributed by atoms with Crippen LogP contribution in [0.1, 0.15) is 39.7 Å². The van der Waals surface area contributed by atoms with Crippen LogP contribution >= 0.6 is 0 Å². The fourth-order valence-electron chi connectivity index (χ4n) is 2.70. The fraction of sp³-hybridized carbons (Fsp3) is 0.409. The van der Waals surface area contributed by atoms with Crippen molar-refractivity contribution in [2.45, 2.75) is 52.8 Å². The summed E-state index contributed by atoms with van der Waals surface area (Å²) in [4.78, 5) is 14.6. The van der Waals surface area contributed by atoms with Crippen LogP contribution in [0.3, 0.4) is 0 Å². The van der Waals surface area contributed by atoms with E-state index in [9.17, 15) is 4.79 Å². The summed E-state index contributed by atoms with van der Waals surface area (Å²) in [5.74, 6) is 0.841. The molecule has 26 heavy (non-hydrogen) atoms. The van der Waals surface area contributed by atoms with Gasteiger partial charge in [0.05, 0.1) is 6.10 Å². The predicted molar refractivity (Wildman–Crippen MR) is 107 cm³/mol. The van der Waals surface area contributed by atoms with E-state index in [2.05, 4.69) is 36.2 Å². The molecule has 0 spiro atoms. The number of anilines is 1. The molecule has 140 valence electrons. The highest BCUT2D eigenvalue weighted by molar-refractivity contribution is 5.90. The van der Waals surface area contributed by atoms with Gasteiger partial charge in [-0.1, -0.05) is 30.3 Å². The highest BCUT2D eigenvalue weighted by atomic mass is 16.5. The average Bonchev–Trinajstić information content (AvgIpc) is 2.60. The minimum Gasteiger partial charge on any atom is -0.491 e. The molecule has 2 aromatic rings. The quantitative estimate of drug-likeness (QED) is 0.709. The lowest BCUT2D eigenvalue weighted by Crippen LogP contribution is -2.33. The van der Waals surface area contributed by atoms with Crippen LogP contribution in [0.5, 0.6) is 5.75 Å². The Labute approximate surface area is 157 Å². The van der Waals surface area contributed by atoms with Crippen LogP contribution in [0.25, 0.3) is 0 Å². The number of ether oxygens (including phenoxy) is 1. The molecule has 0 aliphatic heterocycles. The Morgan fingerprint density at radius 2 is 1.65 bits per heavy atom. The summed E-state index contributed by atoms with van der Waals surface area (Å²) in [7, 11) is 0. The Bertz CT molecular complexity index is 666. The summed E-state index contributed by atoms with van der Waals surface area (Å²) < 4.78 is 5.62. The molecule has 0 aromatic heterocycles.